The summed E-state index contributed by atoms with van der Waals surface area (Å²) in [6.07, 6.45) is 1.03. The topological polar surface area (TPSA) is 127 Å². The van der Waals surface area contributed by atoms with Gasteiger partial charge in [-0.2, -0.15) is 0 Å². The number of amides is 1. The fourth-order valence-corrected chi connectivity index (χ4v) is 3.77. The Kier molecular flexibility index (Phi) is 5.31. The van der Waals surface area contributed by atoms with Crippen molar-refractivity contribution in [3.05, 3.63) is 42.0 Å². The van der Waals surface area contributed by atoms with Crippen molar-refractivity contribution in [2.45, 2.75) is 19.9 Å². The van der Waals surface area contributed by atoms with Crippen molar-refractivity contribution in [1.29, 1.82) is 0 Å². The van der Waals surface area contributed by atoms with E-state index in [9.17, 15) is 28.5 Å². The van der Waals surface area contributed by atoms with Crippen LogP contribution in [0.25, 0.3) is 0 Å². The second-order valence-electron chi connectivity index (χ2n) is 6.01. The smallest absolute Gasteiger partial charge is 0.255 e. The lowest BCUT2D eigenvalue weighted by molar-refractivity contribution is 0.102. The average molecular weight is 380 g/mol. The number of hydrogen-bond donors (Lipinski definition) is 4. The number of aromatic hydroxyl groups is 3. The van der Waals surface area contributed by atoms with Crippen molar-refractivity contribution in [3.63, 3.8) is 0 Å². The number of phenols is 3. The highest BCUT2D eigenvalue weighted by Gasteiger charge is 2.24. The molecule has 0 heterocycles. The molecule has 0 spiro atoms. The van der Waals surface area contributed by atoms with Crippen LogP contribution in [0.5, 0.6) is 17.2 Å². The maximum atomic E-state index is 12.3. The van der Waals surface area contributed by atoms with Gasteiger partial charge in [-0.05, 0) is 44.2 Å². The van der Waals surface area contributed by atoms with Gasteiger partial charge in [0.05, 0.1) is 11.9 Å². The minimum atomic E-state index is -3.61. The highest BCUT2D eigenvalue weighted by molar-refractivity contribution is 7.92. The third kappa shape index (κ3) is 4.17. The zero-order valence-corrected chi connectivity index (χ0v) is 15.3. The van der Waals surface area contributed by atoms with Gasteiger partial charge in [0.25, 0.3) is 5.91 Å². The third-order valence-corrected chi connectivity index (χ3v) is 4.87. The Bertz CT molecular complexity index is 940. The highest BCUT2D eigenvalue weighted by Crippen LogP contribution is 2.32. The lowest BCUT2D eigenvalue weighted by atomic mass is 10.1. The van der Waals surface area contributed by atoms with Gasteiger partial charge in [-0.25, -0.2) is 8.42 Å². The van der Waals surface area contributed by atoms with E-state index in [1.807, 2.05) is 0 Å². The summed E-state index contributed by atoms with van der Waals surface area (Å²) in [7, 11) is -3.61. The minimum absolute atomic E-state index is 0.0707. The van der Waals surface area contributed by atoms with Crippen LogP contribution in [0, 0.1) is 0 Å². The molecule has 0 aromatic heterocycles. The van der Waals surface area contributed by atoms with Gasteiger partial charge in [0.1, 0.15) is 5.75 Å². The summed E-state index contributed by atoms with van der Waals surface area (Å²) in [4.78, 5) is 12.3. The summed E-state index contributed by atoms with van der Waals surface area (Å²) in [5.41, 5.74) is 0.408. The number of carbonyl (C=O) groups is 1. The van der Waals surface area contributed by atoms with Crippen LogP contribution in [-0.2, 0) is 10.0 Å². The zero-order chi connectivity index (χ0) is 19.6. The molecule has 8 nitrogen and oxygen atoms in total. The first kappa shape index (κ1) is 19.4. The van der Waals surface area contributed by atoms with Gasteiger partial charge in [-0.15, -0.1) is 0 Å². The van der Waals surface area contributed by atoms with E-state index in [0.29, 0.717) is 0 Å². The molecule has 2 aromatic carbocycles. The van der Waals surface area contributed by atoms with Crippen LogP contribution in [0.4, 0.5) is 11.4 Å². The number of nitrogens with one attached hydrogen (secondary N) is 1. The van der Waals surface area contributed by atoms with Gasteiger partial charge in [-0.3, -0.25) is 9.10 Å². The summed E-state index contributed by atoms with van der Waals surface area (Å²) in [6, 6.07) is 7.25. The van der Waals surface area contributed by atoms with Crippen LogP contribution in [-0.4, -0.2) is 41.9 Å². The molecule has 1 amide bonds. The summed E-state index contributed by atoms with van der Waals surface area (Å²) in [5, 5.41) is 31.4. The number of carbonyl (C=O) groups excluding carboxylic acids is 1. The summed E-state index contributed by atoms with van der Waals surface area (Å²) in [5.74, 6) is -1.64. The first-order valence-corrected chi connectivity index (χ1v) is 9.51. The Hall–Kier alpha value is -2.94. The van der Waals surface area contributed by atoms with Crippen molar-refractivity contribution in [2.24, 2.45) is 0 Å². The van der Waals surface area contributed by atoms with Crippen LogP contribution in [0.2, 0.25) is 0 Å². The second kappa shape index (κ2) is 7.12. The predicted octanol–water partition coefficient (Wildman–Crippen LogP) is 2.23. The molecular formula is C17H20N2O6S. The van der Waals surface area contributed by atoms with Crippen LogP contribution in [0.3, 0.4) is 0 Å². The summed E-state index contributed by atoms with van der Waals surface area (Å²) >= 11 is 0. The van der Waals surface area contributed by atoms with Gasteiger partial charge >= 0.3 is 0 Å². The molecule has 0 aliphatic heterocycles. The lowest BCUT2D eigenvalue weighted by Crippen LogP contribution is -2.36. The maximum absolute atomic E-state index is 12.3. The molecule has 0 saturated carbocycles. The molecule has 0 unspecified atom stereocenters. The van der Waals surface area contributed by atoms with Crippen molar-refractivity contribution in [2.75, 3.05) is 15.9 Å². The number of rotatable bonds is 5. The van der Waals surface area contributed by atoms with Crippen LogP contribution >= 0.6 is 0 Å². The molecule has 2 rings (SSSR count). The molecule has 26 heavy (non-hydrogen) atoms. The Morgan fingerprint density at radius 3 is 2.15 bits per heavy atom. The SMILES string of the molecule is CC(C)N(c1ccc(C(=O)Nc2ccc(O)c(O)c2)cc1O)S(C)(=O)=O. The quantitative estimate of drug-likeness (QED) is 0.465. The van der Waals surface area contributed by atoms with Gasteiger partial charge in [0, 0.05) is 23.4 Å². The zero-order valence-electron chi connectivity index (χ0n) is 14.5. The molecule has 0 aliphatic rings. The normalized spacial score (nSPS) is 11.4. The Balaban J connectivity index is 2.30. The van der Waals surface area contributed by atoms with Crippen molar-refractivity contribution < 1.29 is 28.5 Å². The van der Waals surface area contributed by atoms with Gasteiger partial charge in [0.15, 0.2) is 11.5 Å². The molecule has 2 aromatic rings. The number of anilines is 2. The first-order chi connectivity index (χ1) is 12.0. The third-order valence-electron chi connectivity index (χ3n) is 3.53. The summed E-state index contributed by atoms with van der Waals surface area (Å²) in [6.45, 7) is 3.33. The number of sulfonamides is 1. The van der Waals surface area contributed by atoms with E-state index < -0.39 is 22.0 Å². The molecular weight excluding hydrogens is 360 g/mol. The van der Waals surface area contributed by atoms with E-state index >= 15 is 0 Å². The predicted molar refractivity (Wildman–Crippen MR) is 98.3 cm³/mol. The average Bonchev–Trinajstić information content (AvgIpc) is 2.51. The van der Waals surface area contributed by atoms with E-state index in [1.165, 1.54) is 30.3 Å². The molecule has 4 N–H and O–H groups in total. The summed E-state index contributed by atoms with van der Waals surface area (Å²) < 4.78 is 24.9. The first-order valence-electron chi connectivity index (χ1n) is 7.66. The van der Waals surface area contributed by atoms with Crippen LogP contribution < -0.4 is 9.62 Å². The van der Waals surface area contributed by atoms with Crippen molar-refractivity contribution in [3.8, 4) is 17.2 Å². The molecule has 140 valence electrons. The van der Waals surface area contributed by atoms with E-state index in [-0.39, 0.29) is 34.2 Å². The number of nitrogens with zero attached hydrogens (tertiary/aromatic N) is 1. The Morgan fingerprint density at radius 2 is 1.65 bits per heavy atom. The van der Waals surface area contributed by atoms with Crippen LogP contribution in [0.15, 0.2) is 36.4 Å². The maximum Gasteiger partial charge on any atom is 0.255 e. The van der Waals surface area contributed by atoms with Crippen molar-refractivity contribution in [1.82, 2.24) is 0 Å². The monoisotopic (exact) mass is 380 g/mol. The Labute approximate surface area is 151 Å². The van der Waals surface area contributed by atoms with Crippen LogP contribution in [0.1, 0.15) is 24.2 Å². The van der Waals surface area contributed by atoms with E-state index in [1.54, 1.807) is 13.8 Å². The standard InChI is InChI=1S/C17H20N2O6S/c1-10(2)19(26(3,24)25)13-6-4-11(8-15(13)21)17(23)18-12-5-7-14(20)16(22)9-12/h4-10,20-22H,1-3H3,(H,18,23). The molecule has 0 atom stereocenters. The van der Waals surface area contributed by atoms with Gasteiger partial charge in [-0.1, -0.05) is 0 Å². The second-order valence-corrected chi connectivity index (χ2v) is 7.87. The molecule has 0 bridgehead atoms. The van der Waals surface area contributed by atoms with E-state index in [0.717, 1.165) is 16.6 Å². The van der Waals surface area contributed by atoms with E-state index in [4.69, 9.17) is 0 Å². The fourth-order valence-electron chi connectivity index (χ4n) is 2.50. The van der Waals surface area contributed by atoms with E-state index in [2.05, 4.69) is 5.32 Å². The highest BCUT2D eigenvalue weighted by atomic mass is 32.2. The fraction of sp³-hybridized carbons (Fsp3) is 0.235. The Morgan fingerprint density at radius 1 is 1.00 bits per heavy atom. The molecule has 0 radical (unpaired) electrons. The number of hydrogen-bond acceptors (Lipinski definition) is 6. The van der Waals surface area contributed by atoms with Gasteiger partial charge in [0.2, 0.25) is 10.0 Å². The van der Waals surface area contributed by atoms with Crippen molar-refractivity contribution >= 4 is 27.3 Å². The molecule has 0 saturated heterocycles. The molecule has 0 fully saturated rings. The molecule has 9 heteroatoms. The minimum Gasteiger partial charge on any atom is -0.506 e. The lowest BCUT2D eigenvalue weighted by Gasteiger charge is -2.27. The van der Waals surface area contributed by atoms with Gasteiger partial charge < -0.3 is 20.6 Å². The number of benzene rings is 2. The molecule has 0 aliphatic carbocycles. The largest absolute Gasteiger partial charge is 0.506 e. The number of phenolic OH excluding ortho intramolecular Hbond substituents is 3.